The molecule has 0 amide bonds. The van der Waals surface area contributed by atoms with Crippen molar-refractivity contribution in [2.75, 3.05) is 12.4 Å². The van der Waals surface area contributed by atoms with Crippen LogP contribution >= 0.6 is 11.8 Å². The largest absolute Gasteiger partial charge is 0.395 e. The first kappa shape index (κ1) is 12.8. The highest BCUT2D eigenvalue weighted by molar-refractivity contribution is 7.99. The lowest BCUT2D eigenvalue weighted by atomic mass is 9.89. The van der Waals surface area contributed by atoms with Gasteiger partial charge in [-0.2, -0.15) is 11.8 Å². The molecule has 3 nitrogen and oxygen atoms in total. The molecule has 0 aromatic rings. The second-order valence-corrected chi connectivity index (χ2v) is 5.46. The van der Waals surface area contributed by atoms with Crippen LogP contribution in [0.1, 0.15) is 27.2 Å². The molecule has 0 radical (unpaired) electrons. The molecule has 13 heavy (non-hydrogen) atoms. The van der Waals surface area contributed by atoms with Crippen molar-refractivity contribution in [3.8, 4) is 0 Å². The Hall–Kier alpha value is -0.220. The minimum Gasteiger partial charge on any atom is -0.395 e. The SMILES string of the molecule is CC(CO)SCCC(C)(C)C(=N)N. The van der Waals surface area contributed by atoms with Gasteiger partial charge in [-0.1, -0.05) is 20.8 Å². The van der Waals surface area contributed by atoms with Crippen molar-refractivity contribution >= 4 is 17.6 Å². The molecule has 0 rings (SSSR count). The fourth-order valence-electron chi connectivity index (χ4n) is 0.703. The highest BCUT2D eigenvalue weighted by atomic mass is 32.2. The van der Waals surface area contributed by atoms with E-state index in [1.54, 1.807) is 11.8 Å². The highest BCUT2D eigenvalue weighted by Crippen LogP contribution is 2.23. The van der Waals surface area contributed by atoms with Gasteiger partial charge < -0.3 is 10.8 Å². The van der Waals surface area contributed by atoms with Crippen LogP contribution in [-0.4, -0.2) is 28.6 Å². The number of thioether (sulfide) groups is 1. The maximum atomic E-state index is 8.79. The van der Waals surface area contributed by atoms with E-state index >= 15 is 0 Å². The number of nitrogens with one attached hydrogen (secondary N) is 1. The molecule has 1 atom stereocenters. The van der Waals surface area contributed by atoms with E-state index in [1.165, 1.54) is 0 Å². The van der Waals surface area contributed by atoms with E-state index in [1.807, 2.05) is 20.8 Å². The van der Waals surface area contributed by atoms with Gasteiger partial charge in [-0.3, -0.25) is 5.41 Å². The van der Waals surface area contributed by atoms with E-state index in [2.05, 4.69) is 0 Å². The summed E-state index contributed by atoms with van der Waals surface area (Å²) in [5.74, 6) is 1.18. The standard InChI is InChI=1S/C9H20N2OS/c1-7(6-12)13-5-4-9(2,3)8(10)11/h7,12H,4-6H2,1-3H3,(H3,10,11). The monoisotopic (exact) mass is 204 g/mol. The lowest BCUT2D eigenvalue weighted by Gasteiger charge is -2.23. The van der Waals surface area contributed by atoms with Crippen molar-refractivity contribution in [2.45, 2.75) is 32.4 Å². The Bertz CT molecular complexity index is 171. The minimum absolute atomic E-state index is 0.206. The molecule has 1 unspecified atom stereocenters. The number of amidine groups is 1. The summed E-state index contributed by atoms with van der Waals surface area (Å²) in [6, 6.07) is 0. The molecule has 0 bridgehead atoms. The average Bonchev–Trinajstić information content (AvgIpc) is 2.03. The number of hydrogen-bond acceptors (Lipinski definition) is 3. The second-order valence-electron chi connectivity index (χ2n) is 3.91. The van der Waals surface area contributed by atoms with Crippen molar-refractivity contribution in [2.24, 2.45) is 11.1 Å². The van der Waals surface area contributed by atoms with E-state index in [0.717, 1.165) is 12.2 Å². The van der Waals surface area contributed by atoms with Crippen molar-refractivity contribution < 1.29 is 5.11 Å². The number of aliphatic hydroxyl groups is 1. The summed E-state index contributed by atoms with van der Waals surface area (Å²) >= 11 is 1.72. The third kappa shape index (κ3) is 5.16. The molecular weight excluding hydrogens is 184 g/mol. The van der Waals surface area contributed by atoms with Crippen molar-refractivity contribution in [3.05, 3.63) is 0 Å². The van der Waals surface area contributed by atoms with Gasteiger partial charge in [0.15, 0.2) is 0 Å². The summed E-state index contributed by atoms with van der Waals surface area (Å²) in [4.78, 5) is 0. The van der Waals surface area contributed by atoms with Crippen molar-refractivity contribution in [3.63, 3.8) is 0 Å². The lowest BCUT2D eigenvalue weighted by molar-refractivity contribution is 0.300. The van der Waals surface area contributed by atoms with Gasteiger partial charge in [-0.05, 0) is 12.2 Å². The molecule has 0 aliphatic heterocycles. The zero-order valence-corrected chi connectivity index (χ0v) is 9.45. The second kappa shape index (κ2) is 5.50. The molecule has 4 heteroatoms. The summed E-state index contributed by atoms with van der Waals surface area (Å²) in [7, 11) is 0. The molecule has 0 saturated heterocycles. The summed E-state index contributed by atoms with van der Waals surface area (Å²) in [5, 5.41) is 16.4. The number of hydrogen-bond donors (Lipinski definition) is 3. The lowest BCUT2D eigenvalue weighted by Crippen LogP contribution is -2.31. The Labute approximate surface area is 84.6 Å². The van der Waals surface area contributed by atoms with E-state index in [4.69, 9.17) is 16.2 Å². The predicted molar refractivity (Wildman–Crippen MR) is 59.3 cm³/mol. The smallest absolute Gasteiger partial charge is 0.0963 e. The summed E-state index contributed by atoms with van der Waals surface area (Å²) in [6.45, 7) is 6.15. The van der Waals surface area contributed by atoms with Crippen LogP contribution in [0.3, 0.4) is 0 Å². The zero-order chi connectivity index (χ0) is 10.5. The van der Waals surface area contributed by atoms with Gasteiger partial charge in [0.25, 0.3) is 0 Å². The van der Waals surface area contributed by atoms with Crippen LogP contribution in [0.5, 0.6) is 0 Å². The number of aliphatic hydroxyl groups excluding tert-OH is 1. The maximum Gasteiger partial charge on any atom is 0.0963 e. The third-order valence-electron chi connectivity index (χ3n) is 2.12. The van der Waals surface area contributed by atoms with Crippen LogP contribution in [0.4, 0.5) is 0 Å². The van der Waals surface area contributed by atoms with Crippen LogP contribution in [0.25, 0.3) is 0 Å². The molecule has 0 aromatic carbocycles. The first-order valence-corrected chi connectivity index (χ1v) is 5.52. The molecule has 0 aliphatic rings. The van der Waals surface area contributed by atoms with Gasteiger partial charge >= 0.3 is 0 Å². The number of nitrogens with two attached hydrogens (primary N) is 1. The highest BCUT2D eigenvalue weighted by Gasteiger charge is 2.21. The maximum absolute atomic E-state index is 8.79. The quantitative estimate of drug-likeness (QED) is 0.453. The first-order chi connectivity index (χ1) is 5.90. The average molecular weight is 204 g/mol. The van der Waals surface area contributed by atoms with E-state index in [0.29, 0.717) is 0 Å². The molecule has 4 N–H and O–H groups in total. The van der Waals surface area contributed by atoms with Gasteiger partial charge in [-0.25, -0.2) is 0 Å². The van der Waals surface area contributed by atoms with Crippen molar-refractivity contribution in [1.29, 1.82) is 5.41 Å². The van der Waals surface area contributed by atoms with Crippen LogP contribution in [0.2, 0.25) is 0 Å². The molecule has 0 aliphatic carbocycles. The Morgan fingerprint density at radius 3 is 2.54 bits per heavy atom. The fourth-order valence-corrected chi connectivity index (χ4v) is 1.84. The zero-order valence-electron chi connectivity index (χ0n) is 8.63. The van der Waals surface area contributed by atoms with Crippen LogP contribution in [0.15, 0.2) is 0 Å². The van der Waals surface area contributed by atoms with E-state index in [9.17, 15) is 0 Å². The van der Waals surface area contributed by atoms with Gasteiger partial charge in [0.05, 0.1) is 12.4 Å². The molecule has 0 aromatic heterocycles. The normalized spacial score (nSPS) is 14.2. The summed E-state index contributed by atoms with van der Waals surface area (Å²) in [6.07, 6.45) is 0.886. The molecule has 0 saturated carbocycles. The topological polar surface area (TPSA) is 70.1 Å². The number of rotatable bonds is 6. The Kier molecular flexibility index (Phi) is 5.40. The van der Waals surface area contributed by atoms with Crippen LogP contribution in [-0.2, 0) is 0 Å². The molecule has 0 spiro atoms. The molecule has 0 fully saturated rings. The van der Waals surface area contributed by atoms with Gasteiger partial charge in [0.2, 0.25) is 0 Å². The van der Waals surface area contributed by atoms with Gasteiger partial charge in [0, 0.05) is 10.7 Å². The Balaban J connectivity index is 3.70. The molecule has 0 heterocycles. The first-order valence-electron chi connectivity index (χ1n) is 4.47. The predicted octanol–water partition coefficient (Wildman–Crippen LogP) is 1.45. The summed E-state index contributed by atoms with van der Waals surface area (Å²) < 4.78 is 0. The van der Waals surface area contributed by atoms with Gasteiger partial charge in [0.1, 0.15) is 0 Å². The Morgan fingerprint density at radius 2 is 2.15 bits per heavy atom. The molecular formula is C9H20N2OS. The van der Waals surface area contributed by atoms with Gasteiger partial charge in [-0.15, -0.1) is 0 Å². The summed E-state index contributed by atoms with van der Waals surface area (Å²) in [5.41, 5.74) is 5.24. The van der Waals surface area contributed by atoms with E-state index in [-0.39, 0.29) is 23.1 Å². The van der Waals surface area contributed by atoms with E-state index < -0.39 is 0 Å². The third-order valence-corrected chi connectivity index (χ3v) is 3.27. The molecule has 78 valence electrons. The van der Waals surface area contributed by atoms with Crippen LogP contribution in [0, 0.1) is 10.8 Å². The van der Waals surface area contributed by atoms with Crippen molar-refractivity contribution in [1.82, 2.24) is 0 Å². The van der Waals surface area contributed by atoms with Crippen LogP contribution < -0.4 is 5.73 Å². The minimum atomic E-state index is -0.206. The Morgan fingerprint density at radius 1 is 1.62 bits per heavy atom. The fraction of sp³-hybridized carbons (Fsp3) is 0.889.